The lowest BCUT2D eigenvalue weighted by Gasteiger charge is -2.29. The fraction of sp³-hybridized carbons (Fsp3) is 0.333. The molecule has 3 heteroatoms. The standard InChI is InChI=1S/C18H21NO2/c20-13-17(18-14-21-18)19(11-15-7-3-1-4-8-15)12-16-9-5-2-6-10-16/h1-10,17-18,20H,11-14H2/t17-,18+/m0/s1. The topological polar surface area (TPSA) is 36.0 Å². The average Bonchev–Trinajstić information content (AvgIpc) is 3.35. The van der Waals surface area contributed by atoms with Gasteiger partial charge in [-0.05, 0) is 11.1 Å². The Balaban J connectivity index is 1.76. The number of hydrogen-bond donors (Lipinski definition) is 1. The van der Waals surface area contributed by atoms with Crippen LogP contribution in [0.3, 0.4) is 0 Å². The van der Waals surface area contributed by atoms with Gasteiger partial charge in [0.2, 0.25) is 0 Å². The van der Waals surface area contributed by atoms with Gasteiger partial charge in [-0.25, -0.2) is 0 Å². The summed E-state index contributed by atoms with van der Waals surface area (Å²) in [6.07, 6.45) is 0.169. The Morgan fingerprint density at radius 2 is 1.43 bits per heavy atom. The minimum Gasteiger partial charge on any atom is -0.395 e. The van der Waals surface area contributed by atoms with E-state index in [1.165, 1.54) is 11.1 Å². The van der Waals surface area contributed by atoms with Crippen LogP contribution in [0.4, 0.5) is 0 Å². The first-order chi connectivity index (χ1) is 10.4. The van der Waals surface area contributed by atoms with Gasteiger partial charge in [-0.2, -0.15) is 0 Å². The van der Waals surface area contributed by atoms with Crippen molar-refractivity contribution in [3.05, 3.63) is 71.8 Å². The van der Waals surface area contributed by atoms with Crippen LogP contribution in [0.15, 0.2) is 60.7 Å². The largest absolute Gasteiger partial charge is 0.395 e. The van der Waals surface area contributed by atoms with Gasteiger partial charge in [0.1, 0.15) is 0 Å². The summed E-state index contributed by atoms with van der Waals surface area (Å²) in [4.78, 5) is 2.31. The van der Waals surface area contributed by atoms with Crippen molar-refractivity contribution in [1.29, 1.82) is 0 Å². The molecule has 1 aliphatic rings. The second kappa shape index (κ2) is 6.85. The van der Waals surface area contributed by atoms with Crippen LogP contribution in [0, 0.1) is 0 Å². The van der Waals surface area contributed by atoms with E-state index in [9.17, 15) is 5.11 Å². The van der Waals surface area contributed by atoms with Crippen LogP contribution < -0.4 is 0 Å². The average molecular weight is 283 g/mol. The lowest BCUT2D eigenvalue weighted by Crippen LogP contribution is -2.41. The van der Waals surface area contributed by atoms with Crippen LogP contribution in [-0.2, 0) is 17.8 Å². The first-order valence-electron chi connectivity index (χ1n) is 7.41. The van der Waals surface area contributed by atoms with Gasteiger partial charge in [-0.1, -0.05) is 60.7 Å². The lowest BCUT2D eigenvalue weighted by molar-refractivity contribution is 0.0873. The van der Waals surface area contributed by atoms with E-state index in [2.05, 4.69) is 53.4 Å². The molecule has 2 atom stereocenters. The number of benzene rings is 2. The van der Waals surface area contributed by atoms with Gasteiger partial charge >= 0.3 is 0 Å². The normalized spacial score (nSPS) is 18.7. The molecule has 0 spiro atoms. The molecule has 1 saturated heterocycles. The van der Waals surface area contributed by atoms with Gasteiger partial charge in [0, 0.05) is 13.1 Å². The first-order valence-corrected chi connectivity index (χ1v) is 7.41. The molecule has 21 heavy (non-hydrogen) atoms. The Hall–Kier alpha value is -1.68. The fourth-order valence-corrected chi connectivity index (χ4v) is 2.67. The Morgan fingerprint density at radius 1 is 0.952 bits per heavy atom. The summed E-state index contributed by atoms with van der Waals surface area (Å²) >= 11 is 0. The van der Waals surface area contributed by atoms with Crippen molar-refractivity contribution in [3.8, 4) is 0 Å². The summed E-state index contributed by atoms with van der Waals surface area (Å²) in [5.41, 5.74) is 2.51. The van der Waals surface area contributed by atoms with E-state index in [0.717, 1.165) is 19.7 Å². The van der Waals surface area contributed by atoms with Crippen molar-refractivity contribution < 1.29 is 9.84 Å². The molecule has 110 valence electrons. The second-order valence-electron chi connectivity index (χ2n) is 5.50. The molecule has 0 unspecified atom stereocenters. The van der Waals surface area contributed by atoms with Crippen LogP contribution in [-0.4, -0.2) is 35.4 Å². The summed E-state index contributed by atoms with van der Waals surface area (Å²) in [6, 6.07) is 20.8. The zero-order valence-electron chi connectivity index (χ0n) is 12.1. The molecule has 0 aliphatic carbocycles. The zero-order valence-corrected chi connectivity index (χ0v) is 12.1. The molecule has 0 aromatic heterocycles. The van der Waals surface area contributed by atoms with Crippen molar-refractivity contribution in [3.63, 3.8) is 0 Å². The molecule has 0 radical (unpaired) electrons. The van der Waals surface area contributed by atoms with E-state index in [0.29, 0.717) is 0 Å². The predicted molar refractivity (Wildman–Crippen MR) is 82.7 cm³/mol. The van der Waals surface area contributed by atoms with Gasteiger partial charge in [-0.3, -0.25) is 4.90 Å². The lowest BCUT2D eigenvalue weighted by atomic mass is 10.1. The number of ether oxygens (including phenoxy) is 1. The molecule has 3 rings (SSSR count). The van der Waals surface area contributed by atoms with E-state index in [1.54, 1.807) is 0 Å². The van der Waals surface area contributed by atoms with Gasteiger partial charge in [0.15, 0.2) is 0 Å². The van der Waals surface area contributed by atoms with Crippen molar-refractivity contribution in [2.75, 3.05) is 13.2 Å². The van der Waals surface area contributed by atoms with E-state index >= 15 is 0 Å². The number of nitrogens with zero attached hydrogens (tertiary/aromatic N) is 1. The highest BCUT2D eigenvalue weighted by Gasteiger charge is 2.36. The summed E-state index contributed by atoms with van der Waals surface area (Å²) in [5.74, 6) is 0. The highest BCUT2D eigenvalue weighted by Crippen LogP contribution is 2.23. The summed E-state index contributed by atoms with van der Waals surface area (Å²) < 4.78 is 5.42. The minimum absolute atomic E-state index is 0.0606. The minimum atomic E-state index is 0.0606. The fourth-order valence-electron chi connectivity index (χ4n) is 2.67. The maximum atomic E-state index is 9.74. The molecule has 3 nitrogen and oxygen atoms in total. The van der Waals surface area contributed by atoms with E-state index < -0.39 is 0 Å². The maximum Gasteiger partial charge on any atom is 0.0987 e. The predicted octanol–water partition coefficient (Wildman–Crippen LogP) is 2.45. The number of epoxide rings is 1. The Labute approximate surface area is 125 Å². The van der Waals surface area contributed by atoms with Crippen molar-refractivity contribution in [1.82, 2.24) is 4.90 Å². The molecule has 2 aromatic carbocycles. The van der Waals surface area contributed by atoms with Gasteiger partial charge < -0.3 is 9.84 Å². The van der Waals surface area contributed by atoms with Crippen LogP contribution in [0.2, 0.25) is 0 Å². The third-order valence-electron chi connectivity index (χ3n) is 3.90. The summed E-state index contributed by atoms with van der Waals surface area (Å²) in [7, 11) is 0. The van der Waals surface area contributed by atoms with E-state index in [1.807, 2.05) is 12.1 Å². The Bertz CT molecular complexity index is 498. The summed E-state index contributed by atoms with van der Waals surface area (Å²) in [5, 5.41) is 9.74. The van der Waals surface area contributed by atoms with Gasteiger partial charge in [0.05, 0.1) is 25.4 Å². The maximum absolute atomic E-state index is 9.74. The Morgan fingerprint density at radius 3 is 1.81 bits per heavy atom. The molecule has 1 aliphatic heterocycles. The van der Waals surface area contributed by atoms with Crippen molar-refractivity contribution in [2.24, 2.45) is 0 Å². The number of aliphatic hydroxyl groups excluding tert-OH is 1. The molecular formula is C18H21NO2. The highest BCUT2D eigenvalue weighted by atomic mass is 16.6. The molecule has 1 heterocycles. The Kier molecular flexibility index (Phi) is 4.65. The highest BCUT2D eigenvalue weighted by molar-refractivity contribution is 5.17. The SMILES string of the molecule is OC[C@@H]([C@H]1CO1)N(Cc1ccccc1)Cc1ccccc1. The van der Waals surface area contributed by atoms with Crippen LogP contribution in [0.1, 0.15) is 11.1 Å². The third kappa shape index (κ3) is 3.91. The van der Waals surface area contributed by atoms with Crippen LogP contribution in [0.25, 0.3) is 0 Å². The molecule has 0 saturated carbocycles. The van der Waals surface area contributed by atoms with Crippen molar-refractivity contribution >= 4 is 0 Å². The monoisotopic (exact) mass is 283 g/mol. The number of hydrogen-bond acceptors (Lipinski definition) is 3. The first kappa shape index (κ1) is 14.3. The van der Waals surface area contributed by atoms with Crippen LogP contribution in [0.5, 0.6) is 0 Å². The van der Waals surface area contributed by atoms with Gasteiger partial charge in [0.25, 0.3) is 0 Å². The van der Waals surface area contributed by atoms with Crippen molar-refractivity contribution in [2.45, 2.75) is 25.2 Å². The zero-order chi connectivity index (χ0) is 14.5. The molecule has 1 fully saturated rings. The molecule has 2 aromatic rings. The smallest absolute Gasteiger partial charge is 0.0987 e. The second-order valence-corrected chi connectivity index (χ2v) is 5.50. The van der Waals surface area contributed by atoms with E-state index in [4.69, 9.17) is 4.74 Å². The van der Waals surface area contributed by atoms with Crippen LogP contribution >= 0.6 is 0 Å². The van der Waals surface area contributed by atoms with Gasteiger partial charge in [-0.15, -0.1) is 0 Å². The molecular weight excluding hydrogens is 262 g/mol. The summed E-state index contributed by atoms with van der Waals surface area (Å²) in [6.45, 7) is 2.53. The number of aliphatic hydroxyl groups is 1. The molecule has 0 bridgehead atoms. The number of rotatable bonds is 7. The molecule has 1 N–H and O–H groups in total. The van der Waals surface area contributed by atoms with E-state index in [-0.39, 0.29) is 18.8 Å². The third-order valence-corrected chi connectivity index (χ3v) is 3.90. The molecule has 0 amide bonds. The quantitative estimate of drug-likeness (QED) is 0.793.